The predicted molar refractivity (Wildman–Crippen MR) is 87.1 cm³/mol. The average Bonchev–Trinajstić information content (AvgIpc) is 2.86. The normalized spacial score (nSPS) is 10.7. The third-order valence-corrected chi connectivity index (χ3v) is 3.77. The Morgan fingerprint density at radius 1 is 1.17 bits per heavy atom. The van der Waals surface area contributed by atoms with E-state index in [0.29, 0.717) is 16.3 Å². The van der Waals surface area contributed by atoms with Crippen LogP contribution >= 0.6 is 11.6 Å². The van der Waals surface area contributed by atoms with E-state index in [4.69, 9.17) is 16.3 Å². The molecule has 0 saturated carbocycles. The Labute approximate surface area is 137 Å². The predicted octanol–water partition coefficient (Wildman–Crippen LogP) is 2.51. The van der Waals surface area contributed by atoms with E-state index in [1.807, 2.05) is 31.2 Å². The molecule has 0 unspecified atom stereocenters. The van der Waals surface area contributed by atoms with E-state index in [1.54, 1.807) is 25.2 Å². The van der Waals surface area contributed by atoms with E-state index in [2.05, 4.69) is 10.4 Å². The summed E-state index contributed by atoms with van der Waals surface area (Å²) in [7, 11) is 1.54. The molecule has 7 heteroatoms. The second-order valence-electron chi connectivity index (χ2n) is 5.14. The van der Waals surface area contributed by atoms with Crippen LogP contribution < -0.4 is 10.4 Å². The number of hydrogen-bond donors (Lipinski definition) is 0. The van der Waals surface area contributed by atoms with Gasteiger partial charge in [0.05, 0.1) is 5.69 Å². The van der Waals surface area contributed by atoms with Crippen molar-refractivity contribution in [2.24, 2.45) is 7.05 Å². The zero-order valence-corrected chi connectivity index (χ0v) is 13.5. The van der Waals surface area contributed by atoms with Crippen molar-refractivity contribution >= 4 is 11.6 Å². The highest BCUT2D eigenvalue weighted by Gasteiger charge is 2.14. The molecule has 0 radical (unpaired) electrons. The molecule has 0 amide bonds. The van der Waals surface area contributed by atoms with Crippen LogP contribution in [0.1, 0.15) is 11.1 Å². The van der Waals surface area contributed by atoms with Gasteiger partial charge in [0, 0.05) is 17.6 Å². The Balaban J connectivity index is 1.96. The van der Waals surface area contributed by atoms with Crippen LogP contribution in [0.15, 0.2) is 47.3 Å². The number of benzene rings is 2. The van der Waals surface area contributed by atoms with Gasteiger partial charge in [-0.25, -0.2) is 4.79 Å². The zero-order valence-electron chi connectivity index (χ0n) is 12.7. The van der Waals surface area contributed by atoms with Gasteiger partial charge in [0.1, 0.15) is 12.4 Å². The van der Waals surface area contributed by atoms with Gasteiger partial charge in [-0.2, -0.15) is 9.36 Å². The summed E-state index contributed by atoms with van der Waals surface area (Å²) in [5, 5.41) is 8.09. The van der Waals surface area contributed by atoms with Gasteiger partial charge in [-0.05, 0) is 47.2 Å². The second-order valence-corrected chi connectivity index (χ2v) is 5.55. The van der Waals surface area contributed by atoms with Crippen LogP contribution in [0.4, 0.5) is 0 Å². The van der Waals surface area contributed by atoms with Crippen LogP contribution in [-0.4, -0.2) is 19.8 Å². The van der Waals surface area contributed by atoms with Crippen LogP contribution in [0.2, 0.25) is 5.02 Å². The fourth-order valence-corrected chi connectivity index (χ4v) is 2.44. The lowest BCUT2D eigenvalue weighted by molar-refractivity contribution is 0.305. The molecule has 1 heterocycles. The van der Waals surface area contributed by atoms with E-state index in [1.165, 1.54) is 4.68 Å². The molecular weight excluding hydrogens is 316 g/mol. The number of rotatable bonds is 4. The van der Waals surface area contributed by atoms with E-state index in [-0.39, 0.29) is 12.3 Å². The topological polar surface area (TPSA) is 61.9 Å². The molecule has 6 nitrogen and oxygen atoms in total. The van der Waals surface area contributed by atoms with Crippen molar-refractivity contribution in [2.45, 2.75) is 13.5 Å². The van der Waals surface area contributed by atoms with Gasteiger partial charge in [0.25, 0.3) is 0 Å². The van der Waals surface area contributed by atoms with Crippen LogP contribution in [0.3, 0.4) is 0 Å². The SMILES string of the molecule is Cc1cccc(OCc2c(Cl)cccc2-n2nnn(C)c2=O)c1. The molecule has 1 aromatic heterocycles. The van der Waals surface area contributed by atoms with Crippen molar-refractivity contribution in [3.05, 3.63) is 69.1 Å². The molecule has 0 spiro atoms. The fourth-order valence-electron chi connectivity index (χ4n) is 2.21. The Bertz CT molecular complexity index is 901. The lowest BCUT2D eigenvalue weighted by Crippen LogP contribution is -2.23. The maximum Gasteiger partial charge on any atom is 0.368 e. The summed E-state index contributed by atoms with van der Waals surface area (Å²) in [4.78, 5) is 12.1. The molecule has 0 bridgehead atoms. The Kier molecular flexibility index (Phi) is 4.16. The molecule has 0 aliphatic carbocycles. The van der Waals surface area contributed by atoms with Crippen LogP contribution in [0.25, 0.3) is 5.69 Å². The summed E-state index contributed by atoms with van der Waals surface area (Å²) < 4.78 is 8.18. The quantitative estimate of drug-likeness (QED) is 0.737. The van der Waals surface area contributed by atoms with E-state index < -0.39 is 0 Å². The minimum absolute atomic E-state index is 0.224. The van der Waals surface area contributed by atoms with Crippen molar-refractivity contribution in [3.63, 3.8) is 0 Å². The molecule has 0 N–H and O–H groups in total. The van der Waals surface area contributed by atoms with Crippen molar-refractivity contribution < 1.29 is 4.74 Å². The molecule has 23 heavy (non-hydrogen) atoms. The molecule has 0 aliphatic heterocycles. The van der Waals surface area contributed by atoms with E-state index in [0.717, 1.165) is 16.0 Å². The first-order valence-electron chi connectivity index (χ1n) is 7.02. The molecular formula is C16H15ClN4O2. The van der Waals surface area contributed by atoms with Crippen LogP contribution in [0.5, 0.6) is 5.75 Å². The molecule has 3 aromatic rings. The number of nitrogens with zero attached hydrogens (tertiary/aromatic N) is 4. The molecule has 0 atom stereocenters. The third-order valence-electron chi connectivity index (χ3n) is 3.42. The maximum atomic E-state index is 12.1. The summed E-state index contributed by atoms with van der Waals surface area (Å²) in [5.74, 6) is 0.738. The smallest absolute Gasteiger partial charge is 0.368 e. The number of halogens is 1. The maximum absolute atomic E-state index is 12.1. The molecule has 2 aromatic carbocycles. The van der Waals surface area contributed by atoms with Gasteiger partial charge >= 0.3 is 5.69 Å². The van der Waals surface area contributed by atoms with E-state index in [9.17, 15) is 4.79 Å². The largest absolute Gasteiger partial charge is 0.489 e. The van der Waals surface area contributed by atoms with Gasteiger partial charge in [-0.1, -0.05) is 29.8 Å². The summed E-state index contributed by atoms with van der Waals surface area (Å²) in [6.07, 6.45) is 0. The highest BCUT2D eigenvalue weighted by molar-refractivity contribution is 6.31. The number of aryl methyl sites for hydroxylation is 2. The number of tetrazole rings is 1. The van der Waals surface area contributed by atoms with Crippen LogP contribution in [0, 0.1) is 6.92 Å². The molecule has 0 fully saturated rings. The number of ether oxygens (including phenoxy) is 1. The lowest BCUT2D eigenvalue weighted by Gasteiger charge is -2.12. The third kappa shape index (κ3) is 3.12. The summed E-state index contributed by atoms with van der Waals surface area (Å²) in [6, 6.07) is 13.0. The first-order chi connectivity index (χ1) is 11.1. The fraction of sp³-hybridized carbons (Fsp3) is 0.188. The minimum atomic E-state index is -0.343. The molecule has 0 aliphatic rings. The van der Waals surface area contributed by atoms with Crippen molar-refractivity contribution in [2.75, 3.05) is 0 Å². The van der Waals surface area contributed by atoms with Crippen LogP contribution in [-0.2, 0) is 13.7 Å². The van der Waals surface area contributed by atoms with Crippen molar-refractivity contribution in [3.8, 4) is 11.4 Å². The molecule has 118 valence electrons. The van der Waals surface area contributed by atoms with E-state index >= 15 is 0 Å². The molecule has 3 rings (SSSR count). The zero-order chi connectivity index (χ0) is 16.4. The van der Waals surface area contributed by atoms with Gasteiger partial charge in [-0.3, -0.25) is 0 Å². The highest BCUT2D eigenvalue weighted by Crippen LogP contribution is 2.24. The van der Waals surface area contributed by atoms with Gasteiger partial charge in [0.2, 0.25) is 0 Å². The number of aromatic nitrogens is 4. The van der Waals surface area contributed by atoms with Gasteiger partial charge < -0.3 is 4.74 Å². The Morgan fingerprint density at radius 3 is 2.65 bits per heavy atom. The Hall–Kier alpha value is -2.60. The second kappa shape index (κ2) is 6.26. The lowest BCUT2D eigenvalue weighted by atomic mass is 10.2. The Morgan fingerprint density at radius 2 is 1.96 bits per heavy atom. The summed E-state index contributed by atoms with van der Waals surface area (Å²) >= 11 is 6.29. The minimum Gasteiger partial charge on any atom is -0.489 e. The summed E-state index contributed by atoms with van der Waals surface area (Å²) in [6.45, 7) is 2.22. The highest BCUT2D eigenvalue weighted by atomic mass is 35.5. The van der Waals surface area contributed by atoms with Gasteiger partial charge in [0.15, 0.2) is 0 Å². The monoisotopic (exact) mass is 330 g/mol. The standard InChI is InChI=1S/C16H15ClN4O2/c1-11-5-3-6-12(9-11)23-10-13-14(17)7-4-8-15(13)21-16(22)20(2)18-19-21/h3-9H,10H2,1-2H3. The summed E-state index contributed by atoms with van der Waals surface area (Å²) in [5.41, 5.74) is 2.00. The first-order valence-corrected chi connectivity index (χ1v) is 7.40. The van der Waals surface area contributed by atoms with Gasteiger partial charge in [-0.15, -0.1) is 0 Å². The number of hydrogen-bond acceptors (Lipinski definition) is 4. The average molecular weight is 331 g/mol. The molecule has 0 saturated heterocycles. The van der Waals surface area contributed by atoms with Crippen molar-refractivity contribution in [1.29, 1.82) is 0 Å². The van der Waals surface area contributed by atoms with Crippen molar-refractivity contribution in [1.82, 2.24) is 19.8 Å². The first kappa shape index (κ1) is 15.3.